The second-order valence-electron chi connectivity index (χ2n) is 5.59. The van der Waals surface area contributed by atoms with E-state index in [4.69, 9.17) is 8.92 Å². The zero-order chi connectivity index (χ0) is 15.3. The molecule has 0 aromatic heterocycles. The average Bonchev–Trinajstić information content (AvgIpc) is 2.64. The van der Waals surface area contributed by atoms with Gasteiger partial charge < -0.3 is 4.74 Å². The molecule has 21 heavy (non-hydrogen) atoms. The van der Waals surface area contributed by atoms with Crippen LogP contribution < -0.4 is 4.74 Å². The van der Waals surface area contributed by atoms with Crippen molar-refractivity contribution in [2.45, 2.75) is 51.0 Å². The Morgan fingerprint density at radius 2 is 1.76 bits per heavy atom. The molecule has 1 aliphatic carbocycles. The molecule has 0 saturated heterocycles. The minimum atomic E-state index is -3.42. The van der Waals surface area contributed by atoms with E-state index >= 15 is 0 Å². The Labute approximate surface area is 127 Å². The van der Waals surface area contributed by atoms with Crippen molar-refractivity contribution in [3.05, 3.63) is 29.8 Å². The van der Waals surface area contributed by atoms with Crippen molar-refractivity contribution in [2.24, 2.45) is 0 Å². The Morgan fingerprint density at radius 1 is 1.10 bits per heavy atom. The van der Waals surface area contributed by atoms with Gasteiger partial charge in [-0.25, -0.2) is 0 Å². The minimum absolute atomic E-state index is 0.137. The molecule has 1 aliphatic rings. The number of ether oxygens (including phenoxy) is 1. The highest BCUT2D eigenvalue weighted by atomic mass is 32.2. The first kappa shape index (κ1) is 16.3. The van der Waals surface area contributed by atoms with Crippen molar-refractivity contribution in [2.75, 3.05) is 12.9 Å². The van der Waals surface area contributed by atoms with Crippen molar-refractivity contribution < 1.29 is 17.3 Å². The molecule has 118 valence electrons. The first-order valence-electron chi connectivity index (χ1n) is 7.60. The first-order chi connectivity index (χ1) is 9.99. The van der Waals surface area contributed by atoms with Gasteiger partial charge in [0.2, 0.25) is 0 Å². The topological polar surface area (TPSA) is 52.6 Å². The summed E-state index contributed by atoms with van der Waals surface area (Å²) in [7, 11) is -3.42. The Morgan fingerprint density at radius 3 is 2.38 bits per heavy atom. The summed E-state index contributed by atoms with van der Waals surface area (Å²) < 4.78 is 33.8. The number of rotatable bonds is 5. The van der Waals surface area contributed by atoms with Gasteiger partial charge in [0.05, 0.1) is 19.0 Å². The normalized spacial score (nSPS) is 23.5. The smallest absolute Gasteiger partial charge is 0.264 e. The summed E-state index contributed by atoms with van der Waals surface area (Å²) >= 11 is 0. The molecule has 1 aromatic rings. The molecule has 4 nitrogen and oxygen atoms in total. The Hall–Kier alpha value is -1.07. The molecule has 2 atom stereocenters. The highest BCUT2D eigenvalue weighted by Gasteiger charge is 2.28. The van der Waals surface area contributed by atoms with E-state index in [9.17, 15) is 8.42 Å². The van der Waals surface area contributed by atoms with Gasteiger partial charge >= 0.3 is 0 Å². The van der Waals surface area contributed by atoms with Gasteiger partial charge in [-0.2, -0.15) is 8.42 Å². The standard InChI is InChI=1S/C16H24O4S/c1-3-19-14-11-9-13(10-12-14)15-7-5-4-6-8-16(15)20-21(2,17)18/h9-12,15-16H,3-8H2,1-2H3/t15-,16-/m0/s1. The van der Waals surface area contributed by atoms with Crippen LogP contribution in [0.4, 0.5) is 0 Å². The molecule has 0 spiro atoms. The average molecular weight is 312 g/mol. The zero-order valence-corrected chi connectivity index (χ0v) is 13.6. The molecule has 0 amide bonds. The molecular weight excluding hydrogens is 288 g/mol. The Kier molecular flexibility index (Phi) is 5.65. The van der Waals surface area contributed by atoms with Crippen LogP contribution in [0.25, 0.3) is 0 Å². The summed E-state index contributed by atoms with van der Waals surface area (Å²) in [6.07, 6.45) is 5.92. The lowest BCUT2D eigenvalue weighted by Crippen LogP contribution is -2.24. The van der Waals surface area contributed by atoms with Crippen molar-refractivity contribution >= 4 is 10.1 Å². The van der Waals surface area contributed by atoms with Gasteiger partial charge in [-0.1, -0.05) is 31.4 Å². The molecule has 0 unspecified atom stereocenters. The van der Waals surface area contributed by atoms with Gasteiger partial charge in [-0.3, -0.25) is 4.18 Å². The summed E-state index contributed by atoms with van der Waals surface area (Å²) in [6, 6.07) is 7.95. The molecule has 0 heterocycles. The van der Waals surface area contributed by atoms with Crippen molar-refractivity contribution in [1.82, 2.24) is 0 Å². The van der Waals surface area contributed by atoms with Gasteiger partial charge in [0.1, 0.15) is 5.75 Å². The van der Waals surface area contributed by atoms with Gasteiger partial charge in [-0.05, 0) is 37.5 Å². The predicted octanol–water partition coefficient (Wildman–Crippen LogP) is 3.48. The highest BCUT2D eigenvalue weighted by Crippen LogP contribution is 2.35. The highest BCUT2D eigenvalue weighted by molar-refractivity contribution is 7.86. The van der Waals surface area contributed by atoms with Gasteiger partial charge in [0.25, 0.3) is 10.1 Å². The van der Waals surface area contributed by atoms with Crippen LogP contribution in [0.15, 0.2) is 24.3 Å². The molecule has 0 bridgehead atoms. The SMILES string of the molecule is CCOc1ccc([C@@H]2CCCCC[C@@H]2OS(C)(=O)=O)cc1. The molecule has 5 heteroatoms. The molecule has 0 aliphatic heterocycles. The number of benzene rings is 1. The third-order valence-corrected chi connectivity index (χ3v) is 4.47. The maximum Gasteiger partial charge on any atom is 0.264 e. The fourth-order valence-electron chi connectivity index (χ4n) is 2.97. The van der Waals surface area contributed by atoms with Gasteiger partial charge in [-0.15, -0.1) is 0 Å². The third kappa shape index (κ3) is 5.00. The van der Waals surface area contributed by atoms with Crippen molar-refractivity contribution in [3.8, 4) is 5.75 Å². The molecule has 0 radical (unpaired) electrons. The summed E-state index contributed by atoms with van der Waals surface area (Å²) in [4.78, 5) is 0. The van der Waals surface area contributed by atoms with E-state index < -0.39 is 10.1 Å². The maximum absolute atomic E-state index is 11.5. The molecule has 1 saturated carbocycles. The van der Waals surface area contributed by atoms with Crippen LogP contribution in [0.5, 0.6) is 5.75 Å². The lowest BCUT2D eigenvalue weighted by molar-refractivity contribution is 0.170. The Bertz CT molecular complexity index is 536. The van der Waals surface area contributed by atoms with E-state index in [0.29, 0.717) is 6.61 Å². The number of hydrogen-bond acceptors (Lipinski definition) is 4. The fourth-order valence-corrected chi connectivity index (χ4v) is 3.65. The van der Waals surface area contributed by atoms with Crippen LogP contribution in [0.3, 0.4) is 0 Å². The predicted molar refractivity (Wildman–Crippen MR) is 83.2 cm³/mol. The molecule has 1 fully saturated rings. The second kappa shape index (κ2) is 7.27. The molecular formula is C16H24O4S. The quantitative estimate of drug-likeness (QED) is 0.617. The number of hydrogen-bond donors (Lipinski definition) is 0. The van der Waals surface area contributed by atoms with Crippen molar-refractivity contribution in [3.63, 3.8) is 0 Å². The molecule has 0 N–H and O–H groups in total. The molecule has 2 rings (SSSR count). The summed E-state index contributed by atoms with van der Waals surface area (Å²) in [5.74, 6) is 0.980. The lowest BCUT2D eigenvalue weighted by atomic mass is 9.89. The van der Waals surface area contributed by atoms with E-state index in [-0.39, 0.29) is 12.0 Å². The first-order valence-corrected chi connectivity index (χ1v) is 9.42. The summed E-state index contributed by atoms with van der Waals surface area (Å²) in [5.41, 5.74) is 1.13. The largest absolute Gasteiger partial charge is 0.494 e. The third-order valence-electron chi connectivity index (χ3n) is 3.87. The summed E-state index contributed by atoms with van der Waals surface area (Å²) in [6.45, 7) is 2.60. The van der Waals surface area contributed by atoms with Gasteiger partial charge in [0.15, 0.2) is 0 Å². The van der Waals surface area contributed by atoms with E-state index in [0.717, 1.165) is 49.7 Å². The zero-order valence-electron chi connectivity index (χ0n) is 12.7. The van der Waals surface area contributed by atoms with Crippen molar-refractivity contribution in [1.29, 1.82) is 0 Å². The Balaban J connectivity index is 2.19. The van der Waals surface area contributed by atoms with E-state index in [1.165, 1.54) is 0 Å². The lowest BCUT2D eigenvalue weighted by Gasteiger charge is -2.24. The van der Waals surface area contributed by atoms with Crippen LogP contribution in [0.2, 0.25) is 0 Å². The minimum Gasteiger partial charge on any atom is -0.494 e. The van der Waals surface area contributed by atoms with Crippen LogP contribution in [-0.2, 0) is 14.3 Å². The van der Waals surface area contributed by atoms with Crippen LogP contribution in [0.1, 0.15) is 50.5 Å². The second-order valence-corrected chi connectivity index (χ2v) is 7.19. The monoisotopic (exact) mass is 312 g/mol. The maximum atomic E-state index is 11.5. The van der Waals surface area contributed by atoms with E-state index in [1.807, 2.05) is 31.2 Å². The summed E-state index contributed by atoms with van der Waals surface area (Å²) in [5, 5.41) is 0. The van der Waals surface area contributed by atoms with Gasteiger partial charge in [0, 0.05) is 5.92 Å². The fraction of sp³-hybridized carbons (Fsp3) is 0.625. The molecule has 1 aromatic carbocycles. The van der Waals surface area contributed by atoms with Crippen LogP contribution >= 0.6 is 0 Å². The van der Waals surface area contributed by atoms with E-state index in [2.05, 4.69) is 0 Å². The van der Waals surface area contributed by atoms with Crippen LogP contribution in [-0.4, -0.2) is 27.4 Å². The van der Waals surface area contributed by atoms with E-state index in [1.54, 1.807) is 0 Å². The van der Waals surface area contributed by atoms with Crippen LogP contribution in [0, 0.1) is 0 Å².